The first-order valence-electron chi connectivity index (χ1n) is 1.71. The number of hydrogen-bond donors (Lipinski definition) is 2. The molecule has 30 valence electrons. The Bertz CT molecular complexity index is 15.1. The molecule has 0 aliphatic heterocycles. The molecule has 0 fully saturated rings. The summed E-state index contributed by atoms with van der Waals surface area (Å²) < 4.78 is 0. The summed E-state index contributed by atoms with van der Waals surface area (Å²) in [6.07, 6.45) is 0. The van der Waals surface area contributed by atoms with Crippen LogP contribution in [0, 0.1) is 0 Å². The van der Waals surface area contributed by atoms with Gasteiger partial charge < -0.3 is 10.5 Å². The monoisotopic (exact) mass is 72.1 g/mol. The highest BCUT2D eigenvalue weighted by Crippen LogP contribution is 1.28. The fourth-order valence-electron chi connectivity index (χ4n) is 0.177. The molecule has 2 N–H and O–H groups in total. The molecule has 0 radical (unpaired) electrons. The largest absolute Gasteiger partial charge is 0.351 e. The molecule has 0 saturated heterocycles. The molecule has 2 nitrogen and oxygen atoms in total. The van der Waals surface area contributed by atoms with Crippen molar-refractivity contribution in [2.45, 2.75) is 0 Å². The Morgan fingerprint density at radius 2 is 2.40 bits per heavy atom. The Kier molecular flexibility index (Phi) is 3.97. The lowest BCUT2D eigenvalue weighted by Crippen LogP contribution is -2.22. The van der Waals surface area contributed by atoms with E-state index in [4.69, 9.17) is 0 Å². The van der Waals surface area contributed by atoms with Gasteiger partial charge in [-0.15, -0.1) is 0 Å². The molecule has 0 aromatic carbocycles. The molecule has 0 aliphatic carbocycles. The quantitative estimate of drug-likeness (QED) is 0.300. The average molecular weight is 71.9 g/mol. The van der Waals surface area contributed by atoms with Crippen molar-refractivity contribution in [1.29, 1.82) is 0 Å². The van der Waals surface area contributed by atoms with E-state index in [1.807, 2.05) is 15.0 Å². The molecule has 5 heavy (non-hydrogen) atoms. The Morgan fingerprint density at radius 3 is 2.40 bits per heavy atom. The summed E-state index contributed by atoms with van der Waals surface area (Å²) in [5.41, 5.74) is 0. The van der Waals surface area contributed by atoms with Crippen molar-refractivity contribution in [3.05, 3.63) is 0 Å². The van der Waals surface area contributed by atoms with Crippen LogP contribution in [0.5, 0.6) is 0 Å². The molecular weight excluding hydrogens is 62.8 g/mol. The zero-order chi connectivity index (χ0) is 4.12. The topological polar surface area (TPSA) is 24.1 Å². The first-order valence-corrected chi connectivity index (χ1v) is 1.71. The fraction of sp³-hybridized carbons (Fsp3) is 1.00. The molecule has 0 bridgehead atoms. The standard InChI is InChI=1S/C2H9BN2/c1-4-2-5-3/h4-5H,2-3H2,1H3. The maximum absolute atomic E-state index is 2.91. The van der Waals surface area contributed by atoms with Gasteiger partial charge in [-0.3, -0.25) is 0 Å². The molecule has 0 saturated carbocycles. The minimum atomic E-state index is 0.889. The zero-order valence-electron chi connectivity index (χ0n) is 3.71. The average Bonchev–Trinajstić information content (AvgIpc) is 1.41. The van der Waals surface area contributed by atoms with E-state index in [9.17, 15) is 0 Å². The first kappa shape index (κ1) is 4.98. The highest BCUT2D eigenvalue weighted by molar-refractivity contribution is 6.04. The lowest BCUT2D eigenvalue weighted by atomic mass is 10.4. The van der Waals surface area contributed by atoms with Gasteiger partial charge in [0.15, 0.2) is 7.98 Å². The minimum Gasteiger partial charge on any atom is -0.351 e. The van der Waals surface area contributed by atoms with Gasteiger partial charge in [0, 0.05) is 6.67 Å². The minimum absolute atomic E-state index is 0.889. The van der Waals surface area contributed by atoms with Gasteiger partial charge in [0.1, 0.15) is 0 Å². The van der Waals surface area contributed by atoms with Crippen molar-refractivity contribution in [3.8, 4) is 0 Å². The van der Waals surface area contributed by atoms with Gasteiger partial charge in [0.25, 0.3) is 0 Å². The van der Waals surface area contributed by atoms with Gasteiger partial charge in [-0.25, -0.2) is 0 Å². The smallest absolute Gasteiger partial charge is 0.183 e. The number of nitrogens with one attached hydrogen (secondary N) is 2. The van der Waals surface area contributed by atoms with Gasteiger partial charge in [-0.2, -0.15) is 0 Å². The van der Waals surface area contributed by atoms with Crippen molar-refractivity contribution in [1.82, 2.24) is 10.5 Å². The van der Waals surface area contributed by atoms with Gasteiger partial charge in [0.2, 0.25) is 0 Å². The van der Waals surface area contributed by atoms with Crippen molar-refractivity contribution in [3.63, 3.8) is 0 Å². The van der Waals surface area contributed by atoms with Crippen LogP contribution in [0.4, 0.5) is 0 Å². The van der Waals surface area contributed by atoms with Crippen LogP contribution in [0.25, 0.3) is 0 Å². The van der Waals surface area contributed by atoms with Crippen LogP contribution in [-0.4, -0.2) is 21.7 Å². The normalized spacial score (nSPS) is 8.20. The molecule has 0 aliphatic rings. The van der Waals surface area contributed by atoms with E-state index in [0.717, 1.165) is 6.67 Å². The first-order chi connectivity index (χ1) is 2.41. The van der Waals surface area contributed by atoms with E-state index in [1.165, 1.54) is 0 Å². The number of rotatable bonds is 2. The van der Waals surface area contributed by atoms with Crippen molar-refractivity contribution < 1.29 is 0 Å². The second-order valence-corrected chi connectivity index (χ2v) is 0.884. The molecule has 0 aromatic heterocycles. The fourth-order valence-corrected chi connectivity index (χ4v) is 0.177. The van der Waals surface area contributed by atoms with Crippen LogP contribution in [0.3, 0.4) is 0 Å². The lowest BCUT2D eigenvalue weighted by Gasteiger charge is -1.88. The number of hydrogen-bond acceptors (Lipinski definition) is 2. The molecule has 0 amide bonds. The van der Waals surface area contributed by atoms with Gasteiger partial charge >= 0.3 is 0 Å². The molecular formula is C2H9BN2. The highest BCUT2D eigenvalue weighted by atomic mass is 15.0. The molecule has 3 heteroatoms. The van der Waals surface area contributed by atoms with Crippen LogP contribution in [-0.2, 0) is 0 Å². The summed E-state index contributed by atoms with van der Waals surface area (Å²) in [7, 11) is 3.80. The van der Waals surface area contributed by atoms with Crippen molar-refractivity contribution in [2.75, 3.05) is 13.7 Å². The molecule has 0 atom stereocenters. The second-order valence-electron chi connectivity index (χ2n) is 0.884. The van der Waals surface area contributed by atoms with E-state index in [1.54, 1.807) is 0 Å². The van der Waals surface area contributed by atoms with Gasteiger partial charge in [0.05, 0.1) is 0 Å². The zero-order valence-corrected chi connectivity index (χ0v) is 3.71. The van der Waals surface area contributed by atoms with Crippen LogP contribution >= 0.6 is 0 Å². The Hall–Kier alpha value is -0.0151. The van der Waals surface area contributed by atoms with Gasteiger partial charge in [-0.05, 0) is 7.05 Å². The summed E-state index contributed by atoms with van der Waals surface area (Å²) in [5.74, 6) is 0. The van der Waals surface area contributed by atoms with Crippen molar-refractivity contribution >= 4 is 7.98 Å². The summed E-state index contributed by atoms with van der Waals surface area (Å²) in [6, 6.07) is 0. The van der Waals surface area contributed by atoms with E-state index in [-0.39, 0.29) is 0 Å². The third-order valence-electron chi connectivity index (χ3n) is 0.354. The van der Waals surface area contributed by atoms with Gasteiger partial charge in [-0.1, -0.05) is 0 Å². The van der Waals surface area contributed by atoms with Crippen LogP contribution in [0.2, 0.25) is 0 Å². The third-order valence-corrected chi connectivity index (χ3v) is 0.354. The summed E-state index contributed by atoms with van der Waals surface area (Å²) in [5, 5.41) is 5.81. The third kappa shape index (κ3) is 3.98. The highest BCUT2D eigenvalue weighted by Gasteiger charge is 1.61. The van der Waals surface area contributed by atoms with Crippen LogP contribution < -0.4 is 10.5 Å². The Morgan fingerprint density at radius 1 is 1.80 bits per heavy atom. The van der Waals surface area contributed by atoms with E-state index in [0.29, 0.717) is 0 Å². The van der Waals surface area contributed by atoms with Crippen LogP contribution in [0.1, 0.15) is 0 Å². The van der Waals surface area contributed by atoms with Crippen molar-refractivity contribution in [2.24, 2.45) is 0 Å². The van der Waals surface area contributed by atoms with E-state index >= 15 is 0 Å². The van der Waals surface area contributed by atoms with E-state index in [2.05, 4.69) is 10.5 Å². The summed E-state index contributed by atoms with van der Waals surface area (Å²) >= 11 is 0. The predicted octanol–water partition coefficient (Wildman–Crippen LogP) is -1.70. The SMILES string of the molecule is BNCNC. The Labute approximate surface area is 33.4 Å². The lowest BCUT2D eigenvalue weighted by molar-refractivity contribution is 0.782. The maximum Gasteiger partial charge on any atom is 0.183 e. The molecule has 0 rings (SSSR count). The molecule has 0 unspecified atom stereocenters. The van der Waals surface area contributed by atoms with Crippen LogP contribution in [0.15, 0.2) is 0 Å². The summed E-state index contributed by atoms with van der Waals surface area (Å²) in [4.78, 5) is 0. The second kappa shape index (κ2) is 3.98. The molecule has 0 aromatic rings. The van der Waals surface area contributed by atoms with E-state index < -0.39 is 0 Å². The maximum atomic E-state index is 2.91. The molecule has 0 spiro atoms. The molecule has 0 heterocycles. The summed E-state index contributed by atoms with van der Waals surface area (Å²) in [6.45, 7) is 0.889. The predicted molar refractivity (Wildman–Crippen MR) is 25.6 cm³/mol. The Balaban J connectivity index is 2.19.